The first-order chi connectivity index (χ1) is 17.4. The number of fused-ring (bicyclic) bond motifs is 1. The van der Waals surface area contributed by atoms with E-state index in [1.807, 2.05) is 18.2 Å². The summed E-state index contributed by atoms with van der Waals surface area (Å²) in [6.45, 7) is 3.58. The van der Waals surface area contributed by atoms with Crippen LogP contribution in [0.15, 0.2) is 47.3 Å². The molecule has 3 N–H and O–H groups in total. The number of benzene rings is 2. The zero-order valence-corrected chi connectivity index (χ0v) is 21.2. The van der Waals surface area contributed by atoms with Gasteiger partial charge in [0.2, 0.25) is 0 Å². The quantitative estimate of drug-likeness (QED) is 0.406. The number of hydrogen-bond donors (Lipinski definition) is 2. The lowest BCUT2D eigenvalue weighted by Crippen LogP contribution is -2.43. The van der Waals surface area contributed by atoms with E-state index in [-0.39, 0.29) is 17.0 Å². The summed E-state index contributed by atoms with van der Waals surface area (Å²) in [5.41, 5.74) is 8.41. The third-order valence-electron chi connectivity index (χ3n) is 6.16. The van der Waals surface area contributed by atoms with Crippen molar-refractivity contribution in [2.45, 2.75) is 0 Å². The molecule has 1 aliphatic rings. The molecule has 0 aliphatic carbocycles. The summed E-state index contributed by atoms with van der Waals surface area (Å²) in [5.74, 6) is 1.21. The Hall–Kier alpha value is -3.53. The molecular weight excluding hydrogens is 503 g/mol. The van der Waals surface area contributed by atoms with Crippen LogP contribution < -0.4 is 31.1 Å². The van der Waals surface area contributed by atoms with Gasteiger partial charge in [-0.15, -0.1) is 4.73 Å². The second-order valence-electron chi connectivity index (χ2n) is 8.23. The second kappa shape index (κ2) is 9.85. The van der Waals surface area contributed by atoms with Gasteiger partial charge in [-0.25, -0.2) is 9.97 Å². The number of nitrogens with zero attached hydrogens (tertiary/aromatic N) is 4. The molecule has 0 bridgehead atoms. The molecule has 0 saturated carbocycles. The number of methoxy groups -OCH3 is 1. The Labute approximate surface area is 217 Å². The first-order valence-corrected chi connectivity index (χ1v) is 12.0. The highest BCUT2D eigenvalue weighted by Gasteiger charge is 2.21. The summed E-state index contributed by atoms with van der Waals surface area (Å²) in [7, 11) is 3.01. The predicted octanol–water partition coefficient (Wildman–Crippen LogP) is 3.49. The lowest BCUT2D eigenvalue weighted by molar-refractivity contribution is 0.168. The van der Waals surface area contributed by atoms with Gasteiger partial charge in [-0.1, -0.05) is 29.3 Å². The number of nitrogen functional groups attached to an aromatic ring is 1. The molecule has 9 nitrogen and oxygen atoms in total. The molecule has 11 heteroatoms. The molecular formula is C25H24Cl2N6O3. The summed E-state index contributed by atoms with van der Waals surface area (Å²) in [5, 5.41) is 4.43. The van der Waals surface area contributed by atoms with Crippen molar-refractivity contribution in [1.29, 1.82) is 0 Å². The fourth-order valence-corrected chi connectivity index (χ4v) is 5.00. The molecule has 5 rings (SSSR count). The number of pyridine rings is 1. The average molecular weight is 527 g/mol. The second-order valence-corrected chi connectivity index (χ2v) is 9.04. The van der Waals surface area contributed by atoms with E-state index < -0.39 is 5.56 Å². The van der Waals surface area contributed by atoms with E-state index >= 15 is 0 Å². The molecule has 3 heterocycles. The maximum Gasteiger partial charge on any atom is 0.293 e. The van der Waals surface area contributed by atoms with Gasteiger partial charge in [0, 0.05) is 37.3 Å². The lowest BCUT2D eigenvalue weighted by Gasteiger charge is -2.30. The summed E-state index contributed by atoms with van der Waals surface area (Å²) >= 11 is 12.7. The highest BCUT2D eigenvalue weighted by molar-refractivity contribution is 6.39. The summed E-state index contributed by atoms with van der Waals surface area (Å²) in [6.07, 6.45) is 0. The highest BCUT2D eigenvalue weighted by atomic mass is 35.5. The minimum atomic E-state index is -0.476. The number of ether oxygens (including phenoxy) is 1. The average Bonchev–Trinajstić information content (AvgIpc) is 2.89. The van der Waals surface area contributed by atoms with Crippen molar-refractivity contribution < 1.29 is 9.57 Å². The predicted molar refractivity (Wildman–Crippen MR) is 143 cm³/mol. The fraction of sp³-hybridized carbons (Fsp3) is 0.240. The Balaban J connectivity index is 1.66. The van der Waals surface area contributed by atoms with Gasteiger partial charge in [0.05, 0.1) is 33.8 Å². The Morgan fingerprint density at radius 3 is 2.42 bits per heavy atom. The standard InChI is InChI=1S/C25H24Cl2N6O3/c1-35-20-12-14(6-7-19(20)32-10-8-29-9-11-32)23-30-22(28)16-13-15(21-17(26)4-3-5-18(21)27)25(34)33(36-2)24(16)31-23/h3-7,12-13,29H,8-11H2,1-2H3,(H2,28,30,31). The fourth-order valence-electron chi connectivity index (χ4n) is 4.40. The molecule has 0 spiro atoms. The largest absolute Gasteiger partial charge is 0.495 e. The number of aromatic nitrogens is 3. The maximum atomic E-state index is 13.4. The van der Waals surface area contributed by atoms with Crippen LogP contribution in [0.2, 0.25) is 10.0 Å². The lowest BCUT2D eigenvalue weighted by atomic mass is 10.1. The van der Waals surface area contributed by atoms with Gasteiger partial charge in [-0.3, -0.25) is 4.79 Å². The van der Waals surface area contributed by atoms with Crippen LogP contribution in [0.1, 0.15) is 0 Å². The maximum absolute atomic E-state index is 13.4. The van der Waals surface area contributed by atoms with Crippen LogP contribution in [-0.4, -0.2) is 55.1 Å². The minimum Gasteiger partial charge on any atom is -0.495 e. The Morgan fingerprint density at radius 1 is 1.03 bits per heavy atom. The van der Waals surface area contributed by atoms with Gasteiger partial charge in [-0.2, -0.15) is 0 Å². The molecule has 0 unspecified atom stereocenters. The van der Waals surface area contributed by atoms with Crippen molar-refractivity contribution in [3.63, 3.8) is 0 Å². The molecule has 2 aromatic carbocycles. The van der Waals surface area contributed by atoms with E-state index in [4.69, 9.17) is 38.5 Å². The third kappa shape index (κ3) is 4.19. The summed E-state index contributed by atoms with van der Waals surface area (Å²) in [6, 6.07) is 12.4. The highest BCUT2D eigenvalue weighted by Crippen LogP contribution is 2.36. The molecule has 1 fully saturated rings. The molecule has 0 radical (unpaired) electrons. The van der Waals surface area contributed by atoms with E-state index in [1.165, 1.54) is 7.11 Å². The SMILES string of the molecule is COc1cc(-c2nc(N)c3cc(-c4c(Cl)cccc4Cl)c(=O)n(OC)c3n2)ccc1N1CCNCC1. The molecule has 0 atom stereocenters. The van der Waals surface area contributed by atoms with Crippen LogP contribution in [0.3, 0.4) is 0 Å². The monoisotopic (exact) mass is 526 g/mol. The molecule has 186 valence electrons. The first kappa shape index (κ1) is 24.2. The Bertz CT molecular complexity index is 1500. The van der Waals surface area contributed by atoms with Crippen molar-refractivity contribution in [2.75, 3.05) is 51.0 Å². The van der Waals surface area contributed by atoms with E-state index in [0.717, 1.165) is 36.6 Å². The smallest absolute Gasteiger partial charge is 0.293 e. The van der Waals surface area contributed by atoms with E-state index in [1.54, 1.807) is 31.4 Å². The van der Waals surface area contributed by atoms with Crippen molar-refractivity contribution in [1.82, 2.24) is 20.0 Å². The summed E-state index contributed by atoms with van der Waals surface area (Å²) in [4.78, 5) is 30.2. The summed E-state index contributed by atoms with van der Waals surface area (Å²) < 4.78 is 6.74. The van der Waals surface area contributed by atoms with Gasteiger partial charge in [0.15, 0.2) is 11.5 Å². The van der Waals surface area contributed by atoms with Crippen LogP contribution in [0, 0.1) is 0 Å². The van der Waals surface area contributed by atoms with Gasteiger partial charge < -0.3 is 25.5 Å². The van der Waals surface area contributed by atoms with Crippen LogP contribution >= 0.6 is 23.2 Å². The molecule has 0 amide bonds. The van der Waals surface area contributed by atoms with Crippen LogP contribution in [0.25, 0.3) is 33.5 Å². The van der Waals surface area contributed by atoms with E-state index in [2.05, 4.69) is 20.2 Å². The number of rotatable bonds is 5. The number of halogens is 2. The topological polar surface area (TPSA) is 108 Å². The van der Waals surface area contributed by atoms with E-state index in [9.17, 15) is 4.79 Å². The first-order valence-electron chi connectivity index (χ1n) is 11.3. The Morgan fingerprint density at radius 2 is 1.75 bits per heavy atom. The number of nitrogens with two attached hydrogens (primary N) is 1. The Kier molecular flexibility index (Phi) is 6.61. The van der Waals surface area contributed by atoms with Gasteiger partial charge >= 0.3 is 0 Å². The van der Waals surface area contributed by atoms with Crippen molar-refractivity contribution in [2.24, 2.45) is 0 Å². The van der Waals surface area contributed by atoms with Gasteiger partial charge in [0.25, 0.3) is 5.56 Å². The van der Waals surface area contributed by atoms with Crippen LogP contribution in [-0.2, 0) is 0 Å². The number of nitrogens with one attached hydrogen (secondary N) is 1. The van der Waals surface area contributed by atoms with Gasteiger partial charge in [-0.05, 0) is 36.4 Å². The van der Waals surface area contributed by atoms with Crippen LogP contribution in [0.4, 0.5) is 11.5 Å². The third-order valence-corrected chi connectivity index (χ3v) is 6.79. The zero-order valence-electron chi connectivity index (χ0n) is 19.7. The van der Waals surface area contributed by atoms with Crippen molar-refractivity contribution in [3.05, 3.63) is 62.9 Å². The van der Waals surface area contributed by atoms with Crippen LogP contribution in [0.5, 0.6) is 5.75 Å². The molecule has 2 aromatic heterocycles. The molecule has 1 aliphatic heterocycles. The molecule has 1 saturated heterocycles. The minimum absolute atomic E-state index is 0.176. The van der Waals surface area contributed by atoms with E-state index in [0.29, 0.717) is 38.1 Å². The normalized spacial score (nSPS) is 13.7. The molecule has 36 heavy (non-hydrogen) atoms. The van der Waals surface area contributed by atoms with Gasteiger partial charge in [0.1, 0.15) is 18.7 Å². The van der Waals surface area contributed by atoms with Crippen molar-refractivity contribution >= 4 is 45.7 Å². The number of piperazine rings is 1. The van der Waals surface area contributed by atoms with Crippen molar-refractivity contribution in [3.8, 4) is 28.3 Å². The number of hydrogen-bond acceptors (Lipinski definition) is 8. The number of anilines is 2. The molecule has 4 aromatic rings. The zero-order chi connectivity index (χ0) is 25.4.